The first kappa shape index (κ1) is 34.2. The maximum absolute atomic E-state index is 13.3. The molecule has 48 heavy (non-hydrogen) atoms. The lowest BCUT2D eigenvalue weighted by molar-refractivity contribution is -0.125. The van der Waals surface area contributed by atoms with Crippen molar-refractivity contribution in [2.75, 3.05) is 39.6 Å². The summed E-state index contributed by atoms with van der Waals surface area (Å²) in [6.45, 7) is 2.68. The van der Waals surface area contributed by atoms with Gasteiger partial charge in [0.25, 0.3) is 11.8 Å². The molecule has 0 aromatic heterocycles. The van der Waals surface area contributed by atoms with Crippen molar-refractivity contribution in [2.24, 2.45) is 27.4 Å². The largest absolute Gasteiger partial charge is 0.494 e. The first-order valence-electron chi connectivity index (χ1n) is 16.5. The number of nitrogens with zero attached hydrogens (tertiary/aromatic N) is 3. The van der Waals surface area contributed by atoms with Crippen LogP contribution in [0.3, 0.4) is 0 Å². The Kier molecular flexibility index (Phi) is 10.8. The van der Waals surface area contributed by atoms with Crippen LogP contribution in [0, 0.1) is 11.3 Å². The molecule has 1 aromatic rings. The molecule has 0 spiro atoms. The summed E-state index contributed by atoms with van der Waals surface area (Å²) in [5.41, 5.74) is 19.1. The summed E-state index contributed by atoms with van der Waals surface area (Å²) >= 11 is 0. The lowest BCUT2D eigenvalue weighted by Gasteiger charge is -2.25. The van der Waals surface area contributed by atoms with Gasteiger partial charge in [0.1, 0.15) is 23.0 Å². The predicted molar refractivity (Wildman–Crippen MR) is 192 cm³/mol. The minimum atomic E-state index is -0.233. The van der Waals surface area contributed by atoms with Crippen LogP contribution < -0.4 is 32.2 Å². The van der Waals surface area contributed by atoms with Crippen molar-refractivity contribution < 1.29 is 14.3 Å². The van der Waals surface area contributed by atoms with E-state index in [0.29, 0.717) is 42.0 Å². The number of allylic oxidation sites excluding steroid dienone is 3. The molecule has 4 aliphatic rings. The number of benzene rings is 1. The number of methoxy groups -OCH3 is 1. The van der Waals surface area contributed by atoms with E-state index in [-0.39, 0.29) is 29.3 Å². The fraction of sp³-hybridized carbons (Fsp3) is 0.417. The maximum Gasteiger partial charge on any atom is 0.269 e. The zero-order valence-electron chi connectivity index (χ0n) is 28.3. The van der Waals surface area contributed by atoms with Crippen LogP contribution in [0.5, 0.6) is 5.75 Å². The summed E-state index contributed by atoms with van der Waals surface area (Å²) < 4.78 is 5.91. The molecule has 0 bridgehead atoms. The summed E-state index contributed by atoms with van der Waals surface area (Å²) in [6.07, 6.45) is 13.5. The number of carbonyl (C=O) groups excluding carboxylic acids is 2. The van der Waals surface area contributed by atoms with Crippen LogP contribution in [0.1, 0.15) is 57.4 Å². The summed E-state index contributed by atoms with van der Waals surface area (Å²) in [4.78, 5) is 36.0. The van der Waals surface area contributed by atoms with Gasteiger partial charge < -0.3 is 37.1 Å². The van der Waals surface area contributed by atoms with Gasteiger partial charge in [0.05, 0.1) is 30.2 Å². The van der Waals surface area contributed by atoms with Gasteiger partial charge >= 0.3 is 0 Å². The molecule has 5 rings (SSSR count). The van der Waals surface area contributed by atoms with E-state index in [1.165, 1.54) is 17.8 Å². The van der Waals surface area contributed by atoms with Gasteiger partial charge in [-0.25, -0.2) is 0 Å². The number of carbonyl (C=O) groups is 2. The van der Waals surface area contributed by atoms with Crippen LogP contribution in [0.4, 0.5) is 5.69 Å². The van der Waals surface area contributed by atoms with Crippen molar-refractivity contribution in [3.63, 3.8) is 0 Å². The SMILES string of the molecule is CNC(C(=N)/C(=C\C(N)=NC(=O)C1CC1)Nc1cccc(C2=CC=C(C(=O)N(C)C/C(=C/N)C(C)=NC3CC3)NC2)c1OC)=C1CCC1. The van der Waals surface area contributed by atoms with Gasteiger partial charge in [-0.05, 0) is 75.2 Å². The van der Waals surface area contributed by atoms with Crippen molar-refractivity contribution in [1.82, 2.24) is 15.5 Å². The van der Waals surface area contributed by atoms with E-state index in [2.05, 4.69) is 25.9 Å². The molecule has 12 nitrogen and oxygen atoms in total. The number of anilines is 1. The van der Waals surface area contributed by atoms with Gasteiger partial charge in [-0.15, -0.1) is 0 Å². The van der Waals surface area contributed by atoms with E-state index < -0.39 is 0 Å². The molecular weight excluding hydrogens is 606 g/mol. The number of para-hydroxylation sites is 1. The Labute approximate surface area is 282 Å². The minimum absolute atomic E-state index is 0.0363. The van der Waals surface area contributed by atoms with Crippen molar-refractivity contribution in [2.45, 2.75) is 57.9 Å². The first-order chi connectivity index (χ1) is 23.1. The molecule has 12 heteroatoms. The Morgan fingerprint density at radius 3 is 2.50 bits per heavy atom. The fourth-order valence-electron chi connectivity index (χ4n) is 5.58. The molecular formula is C36H47N9O3. The Hall–Kier alpha value is -5.13. The van der Waals surface area contributed by atoms with Gasteiger partial charge in [0.2, 0.25) is 0 Å². The first-order valence-corrected chi connectivity index (χ1v) is 16.5. The highest BCUT2D eigenvalue weighted by molar-refractivity contribution is 6.16. The number of nitrogens with one attached hydrogen (secondary N) is 4. The average molecular weight is 654 g/mol. The monoisotopic (exact) mass is 653 g/mol. The number of hydrogen-bond acceptors (Lipinski definition) is 9. The molecule has 2 amide bonds. The molecule has 0 unspecified atom stereocenters. The molecule has 1 aliphatic heterocycles. The van der Waals surface area contributed by atoms with E-state index in [9.17, 15) is 9.59 Å². The van der Waals surface area contributed by atoms with Gasteiger partial charge in [0.15, 0.2) is 0 Å². The molecule has 254 valence electrons. The standard InChI is InChI=1S/C36H47N9O3/c1-21(42-26-14-15-26)25(18-37)20-45(3)36(47)29-16-13-24(19-41-29)27-9-6-10-28(34(27)48-4)43-30(17-31(38)44-35(46)23-11-12-23)32(39)33(40-2)22-7-5-8-22/h6,9-10,13,16-18,23,26,39-41,43H,5,7-8,11-12,14-15,19-20,37H2,1-4H3,(H2,38,44,46)/b25-18-,30-17+,39-32?,42-21?. The zero-order valence-corrected chi connectivity index (χ0v) is 28.3. The van der Waals surface area contributed by atoms with Crippen LogP contribution in [0.2, 0.25) is 0 Å². The topological polar surface area (TPSA) is 183 Å². The van der Waals surface area contributed by atoms with E-state index in [1.54, 1.807) is 32.2 Å². The normalized spacial score (nSPS) is 18.5. The number of hydrogen-bond donors (Lipinski definition) is 6. The molecule has 3 fully saturated rings. The minimum Gasteiger partial charge on any atom is -0.494 e. The smallest absolute Gasteiger partial charge is 0.269 e. The van der Waals surface area contributed by atoms with E-state index in [1.807, 2.05) is 31.2 Å². The summed E-state index contributed by atoms with van der Waals surface area (Å²) in [5.74, 6) is 0.143. The van der Waals surface area contributed by atoms with Crippen LogP contribution in [-0.2, 0) is 9.59 Å². The van der Waals surface area contributed by atoms with Gasteiger partial charge in [-0.2, -0.15) is 4.99 Å². The lowest BCUT2D eigenvalue weighted by Crippen LogP contribution is -2.37. The van der Waals surface area contributed by atoms with E-state index in [4.69, 9.17) is 21.6 Å². The summed E-state index contributed by atoms with van der Waals surface area (Å²) in [6, 6.07) is 6.07. The van der Waals surface area contributed by atoms with Crippen molar-refractivity contribution in [1.29, 1.82) is 5.41 Å². The number of aliphatic imine (C=N–C) groups is 2. The highest BCUT2D eigenvalue weighted by atomic mass is 16.5. The molecule has 0 saturated heterocycles. The summed E-state index contributed by atoms with van der Waals surface area (Å²) in [7, 11) is 5.14. The van der Waals surface area contributed by atoms with Crippen LogP contribution in [0.25, 0.3) is 5.57 Å². The molecule has 3 aliphatic carbocycles. The quantitative estimate of drug-likeness (QED) is 0.130. The number of nitrogens with two attached hydrogens (primary N) is 2. The van der Waals surface area contributed by atoms with Gasteiger partial charge in [-0.1, -0.05) is 18.2 Å². The second kappa shape index (κ2) is 15.2. The van der Waals surface area contributed by atoms with E-state index in [0.717, 1.165) is 73.1 Å². The number of dihydropyridines is 1. The van der Waals surface area contributed by atoms with Crippen molar-refractivity contribution in [3.8, 4) is 5.75 Å². The Bertz CT molecular complexity index is 1680. The highest BCUT2D eigenvalue weighted by Crippen LogP contribution is 2.36. The number of ether oxygens (including phenoxy) is 1. The third-order valence-corrected chi connectivity index (χ3v) is 8.87. The lowest BCUT2D eigenvalue weighted by atomic mass is 9.88. The van der Waals surface area contributed by atoms with Crippen LogP contribution in [-0.4, -0.2) is 74.3 Å². The maximum atomic E-state index is 13.3. The molecule has 0 atom stereocenters. The Morgan fingerprint density at radius 2 is 1.94 bits per heavy atom. The average Bonchev–Trinajstić information content (AvgIpc) is 3.99. The third kappa shape index (κ3) is 8.23. The number of likely N-dealkylation sites (N-methyl/N-ethyl adjacent to an activating group) is 1. The summed E-state index contributed by atoms with van der Waals surface area (Å²) in [5, 5.41) is 18.9. The number of rotatable bonds is 14. The highest BCUT2D eigenvalue weighted by Gasteiger charge is 2.30. The van der Waals surface area contributed by atoms with E-state index >= 15 is 0 Å². The molecule has 3 saturated carbocycles. The predicted octanol–water partition coefficient (Wildman–Crippen LogP) is 3.76. The second-order valence-electron chi connectivity index (χ2n) is 12.6. The number of amidine groups is 1. The molecule has 8 N–H and O–H groups in total. The van der Waals surface area contributed by atoms with Crippen molar-refractivity contribution >= 4 is 40.3 Å². The van der Waals surface area contributed by atoms with Crippen molar-refractivity contribution in [3.05, 3.63) is 76.4 Å². The van der Waals surface area contributed by atoms with Crippen LogP contribution in [0.15, 0.2) is 80.8 Å². The van der Waals surface area contributed by atoms with Gasteiger partial charge in [-0.3, -0.25) is 20.0 Å². The molecule has 1 heterocycles. The Morgan fingerprint density at radius 1 is 1.19 bits per heavy atom. The Balaban J connectivity index is 1.38. The second-order valence-corrected chi connectivity index (χ2v) is 12.6. The zero-order chi connectivity index (χ0) is 34.4. The molecule has 1 aromatic carbocycles. The van der Waals surface area contributed by atoms with Gasteiger partial charge in [0, 0.05) is 62.2 Å². The number of amides is 2. The van der Waals surface area contributed by atoms with Crippen LogP contribution >= 0.6 is 0 Å². The third-order valence-electron chi connectivity index (χ3n) is 8.87. The molecule has 0 radical (unpaired) electrons. The fourth-order valence-corrected chi connectivity index (χ4v) is 5.58.